The minimum absolute atomic E-state index is 0.0698. The molecule has 1 heterocycles. The van der Waals surface area contributed by atoms with Crippen molar-refractivity contribution in [3.8, 4) is 0 Å². The third-order valence-electron chi connectivity index (χ3n) is 2.14. The Bertz CT molecular complexity index is 418. The summed E-state index contributed by atoms with van der Waals surface area (Å²) in [5.74, 6) is -0.489. The molecule has 19 heavy (non-hydrogen) atoms. The maximum Gasteiger partial charge on any atom is 0.413 e. The van der Waals surface area contributed by atoms with Crippen LogP contribution in [-0.4, -0.2) is 40.1 Å². The summed E-state index contributed by atoms with van der Waals surface area (Å²) >= 11 is 0. The van der Waals surface area contributed by atoms with Crippen LogP contribution in [0.1, 0.15) is 26.0 Å². The molecule has 0 aliphatic heterocycles. The molecule has 0 fully saturated rings. The molecule has 0 bridgehead atoms. The van der Waals surface area contributed by atoms with E-state index in [1.165, 1.54) is 4.68 Å². The molecule has 0 radical (unpaired) electrons. The second kappa shape index (κ2) is 8.20. The number of carbonyl (C=O) groups excluding carboxylic acids is 2. The monoisotopic (exact) mass is 269 g/mol. The predicted octanol–water partition coefficient (Wildman–Crippen LogP) is 0.0504. The Morgan fingerprint density at radius 1 is 1.42 bits per heavy atom. The van der Waals surface area contributed by atoms with E-state index in [1.54, 1.807) is 13.1 Å². The van der Waals surface area contributed by atoms with Gasteiger partial charge in [-0.05, 0) is 19.9 Å². The van der Waals surface area contributed by atoms with E-state index in [4.69, 9.17) is 0 Å². The van der Waals surface area contributed by atoms with Crippen molar-refractivity contribution in [3.63, 3.8) is 0 Å². The molecule has 1 aromatic heterocycles. The van der Waals surface area contributed by atoms with Crippen molar-refractivity contribution in [1.82, 2.24) is 25.6 Å². The fraction of sp³-hybridized carbons (Fsp3) is 0.636. The summed E-state index contributed by atoms with van der Waals surface area (Å²) in [6, 6.07) is 0. The van der Waals surface area contributed by atoms with E-state index in [-0.39, 0.29) is 13.2 Å². The lowest BCUT2D eigenvalue weighted by atomic mass is 10.4. The van der Waals surface area contributed by atoms with E-state index in [0.717, 1.165) is 18.7 Å². The SMILES string of the molecule is CCCNCc1cn(CC(=O)NC(=O)OCC)nn1. The molecule has 106 valence electrons. The molecule has 0 saturated carbocycles. The van der Waals surface area contributed by atoms with Crippen LogP contribution in [-0.2, 0) is 22.6 Å². The molecule has 2 N–H and O–H groups in total. The largest absolute Gasteiger partial charge is 0.450 e. The Balaban J connectivity index is 2.36. The van der Waals surface area contributed by atoms with Gasteiger partial charge < -0.3 is 10.1 Å². The number of rotatable bonds is 7. The zero-order valence-electron chi connectivity index (χ0n) is 11.2. The van der Waals surface area contributed by atoms with Gasteiger partial charge in [-0.3, -0.25) is 10.1 Å². The van der Waals surface area contributed by atoms with E-state index in [1.807, 2.05) is 0 Å². The minimum Gasteiger partial charge on any atom is -0.450 e. The summed E-state index contributed by atoms with van der Waals surface area (Å²) in [5, 5.41) is 13.0. The number of hydrogen-bond acceptors (Lipinski definition) is 6. The Hall–Kier alpha value is -1.96. The second-order valence-corrected chi connectivity index (χ2v) is 3.85. The zero-order chi connectivity index (χ0) is 14.1. The van der Waals surface area contributed by atoms with Gasteiger partial charge in [-0.2, -0.15) is 0 Å². The van der Waals surface area contributed by atoms with E-state index >= 15 is 0 Å². The lowest BCUT2D eigenvalue weighted by Crippen LogP contribution is -2.33. The minimum atomic E-state index is -0.752. The van der Waals surface area contributed by atoms with Crippen LogP contribution in [0.25, 0.3) is 0 Å². The average molecular weight is 269 g/mol. The lowest BCUT2D eigenvalue weighted by molar-refractivity contribution is -0.121. The van der Waals surface area contributed by atoms with Crippen molar-refractivity contribution in [3.05, 3.63) is 11.9 Å². The topological polar surface area (TPSA) is 98.1 Å². The third kappa shape index (κ3) is 5.96. The average Bonchev–Trinajstić information content (AvgIpc) is 2.77. The summed E-state index contributed by atoms with van der Waals surface area (Å²) in [6.07, 6.45) is 1.95. The number of alkyl carbamates (subject to hydrolysis) is 1. The van der Waals surface area contributed by atoms with Gasteiger partial charge in [0.1, 0.15) is 6.54 Å². The van der Waals surface area contributed by atoms with Crippen LogP contribution in [0.15, 0.2) is 6.20 Å². The molecular weight excluding hydrogens is 250 g/mol. The summed E-state index contributed by atoms with van der Waals surface area (Å²) in [7, 11) is 0. The van der Waals surface area contributed by atoms with Crippen LogP contribution < -0.4 is 10.6 Å². The second-order valence-electron chi connectivity index (χ2n) is 3.85. The number of ether oxygens (including phenoxy) is 1. The molecule has 0 atom stereocenters. The Morgan fingerprint density at radius 3 is 2.89 bits per heavy atom. The van der Waals surface area contributed by atoms with Gasteiger partial charge in [0.25, 0.3) is 5.91 Å². The molecule has 0 unspecified atom stereocenters. The first kappa shape index (κ1) is 15.1. The fourth-order valence-electron chi connectivity index (χ4n) is 1.36. The van der Waals surface area contributed by atoms with Crippen molar-refractivity contribution >= 4 is 12.0 Å². The lowest BCUT2D eigenvalue weighted by Gasteiger charge is -2.03. The van der Waals surface area contributed by atoms with Crippen molar-refractivity contribution in [2.45, 2.75) is 33.4 Å². The van der Waals surface area contributed by atoms with Crippen LogP contribution in [0.4, 0.5) is 4.79 Å². The highest BCUT2D eigenvalue weighted by atomic mass is 16.5. The van der Waals surface area contributed by atoms with Gasteiger partial charge in [0, 0.05) is 6.54 Å². The smallest absolute Gasteiger partial charge is 0.413 e. The third-order valence-corrected chi connectivity index (χ3v) is 2.14. The van der Waals surface area contributed by atoms with E-state index in [9.17, 15) is 9.59 Å². The van der Waals surface area contributed by atoms with Crippen molar-refractivity contribution in [2.24, 2.45) is 0 Å². The van der Waals surface area contributed by atoms with Crippen LogP contribution in [0, 0.1) is 0 Å². The molecule has 8 nitrogen and oxygen atoms in total. The Kier molecular flexibility index (Phi) is 6.51. The van der Waals surface area contributed by atoms with Crippen molar-refractivity contribution < 1.29 is 14.3 Å². The molecule has 1 aromatic rings. The highest BCUT2D eigenvalue weighted by Crippen LogP contribution is 1.93. The predicted molar refractivity (Wildman–Crippen MR) is 67.2 cm³/mol. The van der Waals surface area contributed by atoms with Crippen LogP contribution >= 0.6 is 0 Å². The Morgan fingerprint density at radius 2 is 2.21 bits per heavy atom. The van der Waals surface area contributed by atoms with Gasteiger partial charge in [-0.15, -0.1) is 5.10 Å². The molecule has 0 aliphatic rings. The number of imide groups is 1. The van der Waals surface area contributed by atoms with Gasteiger partial charge in [0.2, 0.25) is 0 Å². The number of carbonyl (C=O) groups is 2. The van der Waals surface area contributed by atoms with E-state index in [2.05, 4.69) is 32.6 Å². The quantitative estimate of drug-likeness (QED) is 0.679. The zero-order valence-corrected chi connectivity index (χ0v) is 11.2. The fourth-order valence-corrected chi connectivity index (χ4v) is 1.36. The maximum atomic E-state index is 11.5. The molecule has 0 aromatic carbocycles. The summed E-state index contributed by atoms with van der Waals surface area (Å²) in [4.78, 5) is 22.5. The van der Waals surface area contributed by atoms with Crippen LogP contribution in [0.3, 0.4) is 0 Å². The molecule has 1 rings (SSSR count). The molecule has 0 saturated heterocycles. The summed E-state index contributed by atoms with van der Waals surface area (Å²) in [5.41, 5.74) is 0.748. The highest BCUT2D eigenvalue weighted by Gasteiger charge is 2.10. The van der Waals surface area contributed by atoms with Gasteiger partial charge in [0.15, 0.2) is 0 Å². The van der Waals surface area contributed by atoms with Crippen LogP contribution in [0.2, 0.25) is 0 Å². The summed E-state index contributed by atoms with van der Waals surface area (Å²) in [6.45, 7) is 5.39. The van der Waals surface area contributed by atoms with Gasteiger partial charge in [0.05, 0.1) is 18.5 Å². The molecule has 0 spiro atoms. The number of nitrogens with one attached hydrogen (secondary N) is 2. The Labute approximate surface area is 111 Å². The first-order chi connectivity index (χ1) is 9.15. The molecule has 8 heteroatoms. The van der Waals surface area contributed by atoms with Gasteiger partial charge in [-0.25, -0.2) is 9.48 Å². The highest BCUT2D eigenvalue weighted by molar-refractivity contribution is 5.91. The summed E-state index contributed by atoms with van der Waals surface area (Å²) < 4.78 is 5.97. The number of aromatic nitrogens is 3. The normalized spacial score (nSPS) is 10.2. The van der Waals surface area contributed by atoms with Crippen molar-refractivity contribution in [2.75, 3.05) is 13.2 Å². The van der Waals surface area contributed by atoms with Crippen molar-refractivity contribution in [1.29, 1.82) is 0 Å². The first-order valence-electron chi connectivity index (χ1n) is 6.22. The number of amides is 2. The van der Waals surface area contributed by atoms with Gasteiger partial charge in [-0.1, -0.05) is 12.1 Å². The maximum absolute atomic E-state index is 11.5. The number of nitrogens with zero attached hydrogens (tertiary/aromatic N) is 3. The molecule has 2 amide bonds. The van der Waals surface area contributed by atoms with Crippen LogP contribution in [0.5, 0.6) is 0 Å². The number of hydrogen-bond donors (Lipinski definition) is 2. The standard InChI is InChI=1S/C11H19N5O3/c1-3-5-12-6-9-7-16(15-14-9)8-10(17)13-11(18)19-4-2/h7,12H,3-6,8H2,1-2H3,(H,13,17,18). The van der Waals surface area contributed by atoms with E-state index < -0.39 is 12.0 Å². The van der Waals surface area contributed by atoms with E-state index in [0.29, 0.717) is 6.54 Å². The molecular formula is C11H19N5O3. The molecule has 0 aliphatic carbocycles. The first-order valence-corrected chi connectivity index (χ1v) is 6.22. The van der Waals surface area contributed by atoms with Gasteiger partial charge >= 0.3 is 6.09 Å².